The van der Waals surface area contributed by atoms with E-state index in [1.807, 2.05) is 13.0 Å². The summed E-state index contributed by atoms with van der Waals surface area (Å²) in [6.07, 6.45) is 5.38. The quantitative estimate of drug-likeness (QED) is 0.301. The number of hydrogen-bond acceptors (Lipinski definition) is 6. The van der Waals surface area contributed by atoms with Crippen LogP contribution >= 0.6 is 11.3 Å². The van der Waals surface area contributed by atoms with Crippen LogP contribution in [0.4, 0.5) is 10.2 Å². The molecule has 0 bridgehead atoms. The Labute approximate surface area is 218 Å². The SMILES string of the molecule is Cc1nc(-c2cc(C)c(-c3ccc(F)c4c3CC[C@H]4Nc3cnc([C@H]4C[C@@H]4C(=O)O)cn3)c(C)c2)cs1. The predicted molar refractivity (Wildman–Crippen MR) is 142 cm³/mol. The molecular formula is C29H27FN4O2S. The van der Waals surface area contributed by atoms with Crippen molar-refractivity contribution in [3.63, 3.8) is 0 Å². The largest absolute Gasteiger partial charge is 0.481 e. The van der Waals surface area contributed by atoms with Crippen molar-refractivity contribution >= 4 is 23.1 Å². The zero-order chi connectivity index (χ0) is 25.8. The number of aliphatic carboxylic acids is 1. The average Bonchev–Trinajstić information content (AvgIpc) is 3.38. The Morgan fingerprint density at radius 2 is 1.92 bits per heavy atom. The maximum Gasteiger partial charge on any atom is 0.307 e. The lowest BCUT2D eigenvalue weighted by Gasteiger charge is -2.19. The Hall–Kier alpha value is -3.65. The Morgan fingerprint density at radius 3 is 2.54 bits per heavy atom. The predicted octanol–water partition coefficient (Wildman–Crippen LogP) is 6.62. The van der Waals surface area contributed by atoms with Gasteiger partial charge in [0.15, 0.2) is 0 Å². The number of nitrogens with one attached hydrogen (secondary N) is 1. The first kappa shape index (κ1) is 23.7. The minimum Gasteiger partial charge on any atom is -0.481 e. The van der Waals surface area contributed by atoms with Gasteiger partial charge in [-0.15, -0.1) is 11.3 Å². The highest BCUT2D eigenvalue weighted by Crippen LogP contribution is 2.47. The smallest absolute Gasteiger partial charge is 0.307 e. The molecule has 1 saturated carbocycles. The van der Waals surface area contributed by atoms with E-state index in [1.165, 1.54) is 0 Å². The molecule has 2 N–H and O–H groups in total. The Bertz CT molecular complexity index is 1510. The van der Waals surface area contributed by atoms with Crippen LogP contribution in [-0.2, 0) is 11.2 Å². The van der Waals surface area contributed by atoms with Crippen molar-refractivity contribution in [1.82, 2.24) is 15.0 Å². The molecule has 6 rings (SSSR count). The van der Waals surface area contributed by atoms with E-state index in [-0.39, 0.29) is 23.7 Å². The second-order valence-electron chi connectivity index (χ2n) is 10.1. The van der Waals surface area contributed by atoms with Crippen LogP contribution in [0.15, 0.2) is 42.0 Å². The van der Waals surface area contributed by atoms with Gasteiger partial charge in [0.1, 0.15) is 11.6 Å². The molecule has 0 aliphatic heterocycles. The summed E-state index contributed by atoms with van der Waals surface area (Å²) in [6.45, 7) is 6.23. The number of halogens is 1. The lowest BCUT2D eigenvalue weighted by molar-refractivity contribution is -0.138. The number of fused-ring (bicyclic) bond motifs is 1. The molecule has 0 radical (unpaired) electrons. The van der Waals surface area contributed by atoms with E-state index >= 15 is 4.39 Å². The van der Waals surface area contributed by atoms with E-state index in [2.05, 4.69) is 51.6 Å². The first-order chi connectivity index (χ1) is 17.8. The summed E-state index contributed by atoms with van der Waals surface area (Å²) >= 11 is 1.64. The van der Waals surface area contributed by atoms with Gasteiger partial charge in [0, 0.05) is 22.4 Å². The van der Waals surface area contributed by atoms with Gasteiger partial charge in [-0.25, -0.2) is 14.4 Å². The molecule has 37 heavy (non-hydrogen) atoms. The van der Waals surface area contributed by atoms with Gasteiger partial charge in [-0.3, -0.25) is 9.78 Å². The van der Waals surface area contributed by atoms with E-state index in [1.54, 1.807) is 29.8 Å². The highest BCUT2D eigenvalue weighted by atomic mass is 32.1. The Balaban J connectivity index is 1.29. The van der Waals surface area contributed by atoms with Crippen LogP contribution in [0.1, 0.15) is 57.8 Å². The molecule has 8 heteroatoms. The third-order valence-corrected chi connectivity index (χ3v) is 8.31. The molecule has 0 spiro atoms. The van der Waals surface area contributed by atoms with Crippen molar-refractivity contribution < 1.29 is 14.3 Å². The summed E-state index contributed by atoms with van der Waals surface area (Å²) in [5.41, 5.74) is 9.02. The number of anilines is 1. The standard InChI is InChI=1S/C29H27FN4O2S/c1-14-8-17(25-13-37-16(3)33-25)9-15(2)27(14)18-4-6-22(30)28-19(18)5-7-23(28)34-26-12-31-24(11-32-26)20-10-21(20)29(35)36/h4,6,8-9,11-13,20-21,23H,5,7,10H2,1-3H3,(H,32,34)(H,35,36)/t20-,21-,23+/m0/s1. The lowest BCUT2D eigenvalue weighted by atomic mass is 9.88. The number of benzene rings is 2. The van der Waals surface area contributed by atoms with Crippen LogP contribution in [0, 0.1) is 32.5 Å². The van der Waals surface area contributed by atoms with Crippen LogP contribution in [0.3, 0.4) is 0 Å². The van der Waals surface area contributed by atoms with Crippen molar-refractivity contribution in [1.29, 1.82) is 0 Å². The second-order valence-corrected chi connectivity index (χ2v) is 11.1. The van der Waals surface area contributed by atoms with Crippen LogP contribution in [0.5, 0.6) is 0 Å². The maximum atomic E-state index is 15.2. The monoisotopic (exact) mass is 514 g/mol. The molecule has 188 valence electrons. The number of nitrogens with zero attached hydrogens (tertiary/aromatic N) is 3. The van der Waals surface area contributed by atoms with Crippen molar-refractivity contribution in [3.05, 3.63) is 80.8 Å². The van der Waals surface area contributed by atoms with E-state index in [0.29, 0.717) is 23.5 Å². The number of carbonyl (C=O) groups is 1. The van der Waals surface area contributed by atoms with E-state index < -0.39 is 5.97 Å². The minimum absolute atomic E-state index is 0.0660. The molecule has 0 saturated heterocycles. The lowest BCUT2D eigenvalue weighted by Crippen LogP contribution is -2.11. The topological polar surface area (TPSA) is 88.0 Å². The van der Waals surface area contributed by atoms with Crippen LogP contribution < -0.4 is 5.32 Å². The number of rotatable bonds is 6. The van der Waals surface area contributed by atoms with Gasteiger partial charge >= 0.3 is 5.97 Å². The van der Waals surface area contributed by atoms with E-state index in [9.17, 15) is 4.79 Å². The second kappa shape index (κ2) is 9.03. The molecule has 2 aromatic carbocycles. The van der Waals surface area contributed by atoms with Gasteiger partial charge in [0.05, 0.1) is 40.7 Å². The van der Waals surface area contributed by atoms with Gasteiger partial charge < -0.3 is 10.4 Å². The Morgan fingerprint density at radius 1 is 1.14 bits per heavy atom. The molecule has 0 amide bonds. The maximum absolute atomic E-state index is 15.2. The number of aromatic nitrogens is 3. The van der Waals surface area contributed by atoms with Crippen molar-refractivity contribution in [2.45, 2.75) is 52.0 Å². The zero-order valence-corrected chi connectivity index (χ0v) is 21.7. The highest BCUT2D eigenvalue weighted by Gasteiger charge is 2.45. The number of thiazole rings is 1. The van der Waals surface area contributed by atoms with Gasteiger partial charge in [-0.05, 0) is 86.1 Å². The summed E-state index contributed by atoms with van der Waals surface area (Å²) in [5, 5.41) is 15.6. The minimum atomic E-state index is -0.791. The molecular weight excluding hydrogens is 487 g/mol. The van der Waals surface area contributed by atoms with Gasteiger partial charge in [0.25, 0.3) is 0 Å². The van der Waals surface area contributed by atoms with Crippen LogP contribution in [0.25, 0.3) is 22.4 Å². The third kappa shape index (κ3) is 4.29. The molecule has 2 aromatic heterocycles. The normalized spacial score (nSPS) is 20.1. The zero-order valence-electron chi connectivity index (χ0n) is 20.9. The van der Waals surface area contributed by atoms with E-state index in [4.69, 9.17) is 5.11 Å². The van der Waals surface area contributed by atoms with Gasteiger partial charge in [-0.2, -0.15) is 0 Å². The number of carboxylic acid groups (broad SMARTS) is 1. The first-order valence-corrected chi connectivity index (χ1v) is 13.3. The first-order valence-electron chi connectivity index (χ1n) is 12.5. The van der Waals surface area contributed by atoms with Crippen molar-refractivity contribution in [3.8, 4) is 22.4 Å². The molecule has 6 nitrogen and oxygen atoms in total. The van der Waals surface area contributed by atoms with Crippen LogP contribution in [0.2, 0.25) is 0 Å². The third-order valence-electron chi connectivity index (χ3n) is 7.53. The summed E-state index contributed by atoms with van der Waals surface area (Å²) in [5.74, 6) is -0.876. The summed E-state index contributed by atoms with van der Waals surface area (Å²) in [7, 11) is 0. The van der Waals surface area contributed by atoms with Crippen LogP contribution in [-0.4, -0.2) is 26.0 Å². The fourth-order valence-corrected chi connectivity index (χ4v) is 6.33. The van der Waals surface area contributed by atoms with E-state index in [0.717, 1.165) is 56.9 Å². The molecule has 3 atom stereocenters. The van der Waals surface area contributed by atoms with Crippen molar-refractivity contribution in [2.24, 2.45) is 5.92 Å². The number of hydrogen-bond donors (Lipinski definition) is 2. The molecule has 1 fully saturated rings. The van der Waals surface area contributed by atoms with Crippen molar-refractivity contribution in [2.75, 3.05) is 5.32 Å². The molecule has 0 unspecified atom stereocenters. The fraction of sp³-hybridized carbons (Fsp3) is 0.310. The fourth-order valence-electron chi connectivity index (χ4n) is 5.70. The number of aryl methyl sites for hydroxylation is 3. The summed E-state index contributed by atoms with van der Waals surface area (Å²) < 4.78 is 15.2. The highest BCUT2D eigenvalue weighted by molar-refractivity contribution is 7.09. The average molecular weight is 515 g/mol. The molecule has 4 aromatic rings. The van der Waals surface area contributed by atoms with Gasteiger partial charge in [-0.1, -0.05) is 6.07 Å². The summed E-state index contributed by atoms with van der Waals surface area (Å²) in [4.78, 5) is 24.7. The molecule has 2 aliphatic carbocycles. The summed E-state index contributed by atoms with van der Waals surface area (Å²) in [6, 6.07) is 7.60. The molecule has 2 heterocycles. The number of carboxylic acids is 1. The molecule has 2 aliphatic rings. The van der Waals surface area contributed by atoms with Gasteiger partial charge in [0.2, 0.25) is 0 Å². The Kier molecular flexibility index (Phi) is 5.79.